The first-order valence-corrected chi connectivity index (χ1v) is 7.66. The lowest BCUT2D eigenvalue weighted by molar-refractivity contribution is 0.0697. The number of rotatable bonds is 6. The second-order valence-corrected chi connectivity index (χ2v) is 6.41. The maximum atomic E-state index is 12.1. The largest absolute Gasteiger partial charge is 0.478 e. The lowest BCUT2D eigenvalue weighted by Gasteiger charge is -2.05. The minimum Gasteiger partial charge on any atom is -0.478 e. The molecule has 2 rings (SSSR count). The number of imidazole rings is 1. The first kappa shape index (κ1) is 14.3. The average Bonchev–Trinajstić information content (AvgIpc) is 2.92. The van der Waals surface area contributed by atoms with Crippen molar-refractivity contribution in [3.05, 3.63) is 48.5 Å². The number of carboxylic acid groups (broad SMARTS) is 1. The van der Waals surface area contributed by atoms with Crippen LogP contribution in [0.3, 0.4) is 0 Å². The van der Waals surface area contributed by atoms with Gasteiger partial charge >= 0.3 is 5.97 Å². The molecule has 0 fully saturated rings. The summed E-state index contributed by atoms with van der Waals surface area (Å²) in [5, 5.41) is 8.77. The molecule has 106 valence electrons. The Morgan fingerprint density at radius 3 is 2.50 bits per heavy atom. The van der Waals surface area contributed by atoms with Crippen molar-refractivity contribution < 1.29 is 18.3 Å². The van der Waals surface area contributed by atoms with Gasteiger partial charge in [0.05, 0.1) is 22.5 Å². The number of aromatic carboxylic acids is 1. The van der Waals surface area contributed by atoms with Gasteiger partial charge in [-0.3, -0.25) is 0 Å². The zero-order valence-electron chi connectivity index (χ0n) is 10.6. The minimum absolute atomic E-state index is 0.0115. The molecule has 0 spiro atoms. The van der Waals surface area contributed by atoms with Gasteiger partial charge in [0.1, 0.15) is 0 Å². The van der Waals surface area contributed by atoms with Gasteiger partial charge in [-0.1, -0.05) is 0 Å². The van der Waals surface area contributed by atoms with Crippen molar-refractivity contribution in [1.29, 1.82) is 0 Å². The van der Waals surface area contributed by atoms with E-state index >= 15 is 0 Å². The summed E-state index contributed by atoms with van der Waals surface area (Å²) in [5.41, 5.74) is 0.0716. The topological polar surface area (TPSA) is 89.3 Å². The second-order valence-electron chi connectivity index (χ2n) is 4.30. The summed E-state index contributed by atoms with van der Waals surface area (Å²) in [6, 6.07) is 5.25. The summed E-state index contributed by atoms with van der Waals surface area (Å²) < 4.78 is 25.9. The second kappa shape index (κ2) is 5.87. The highest BCUT2D eigenvalue weighted by Crippen LogP contribution is 2.13. The molecule has 0 saturated carbocycles. The van der Waals surface area contributed by atoms with E-state index < -0.39 is 15.8 Å². The summed E-state index contributed by atoms with van der Waals surface area (Å²) >= 11 is 0. The predicted molar refractivity (Wildman–Crippen MR) is 72.3 cm³/mol. The van der Waals surface area contributed by atoms with Gasteiger partial charge in [0.2, 0.25) is 0 Å². The number of sulfone groups is 1. The summed E-state index contributed by atoms with van der Waals surface area (Å²) in [4.78, 5) is 14.7. The summed E-state index contributed by atoms with van der Waals surface area (Å²) in [6.07, 6.45) is 5.51. The van der Waals surface area contributed by atoms with Crippen LogP contribution in [-0.4, -0.2) is 34.8 Å². The third-order valence-corrected chi connectivity index (χ3v) is 4.67. The fourth-order valence-electron chi connectivity index (χ4n) is 1.78. The number of hydrogen-bond acceptors (Lipinski definition) is 4. The Kier molecular flexibility index (Phi) is 4.19. The van der Waals surface area contributed by atoms with Crippen molar-refractivity contribution in [3.63, 3.8) is 0 Å². The smallest absolute Gasteiger partial charge is 0.335 e. The summed E-state index contributed by atoms with van der Waals surface area (Å²) in [7, 11) is -3.38. The number of hydrogen-bond donors (Lipinski definition) is 1. The molecule has 0 aliphatic rings. The van der Waals surface area contributed by atoms with E-state index in [9.17, 15) is 13.2 Å². The molecular weight excluding hydrogens is 280 g/mol. The number of benzene rings is 1. The quantitative estimate of drug-likeness (QED) is 0.871. The maximum Gasteiger partial charge on any atom is 0.335 e. The maximum absolute atomic E-state index is 12.1. The molecular formula is C13H14N2O4S. The van der Waals surface area contributed by atoms with Crippen molar-refractivity contribution in [2.24, 2.45) is 0 Å². The van der Waals surface area contributed by atoms with Gasteiger partial charge in [0.25, 0.3) is 0 Å². The third-order valence-electron chi connectivity index (χ3n) is 2.85. The molecule has 0 unspecified atom stereocenters. The van der Waals surface area contributed by atoms with E-state index in [1.807, 2.05) is 4.57 Å². The van der Waals surface area contributed by atoms with Gasteiger partial charge < -0.3 is 9.67 Å². The van der Waals surface area contributed by atoms with Crippen LogP contribution in [0.2, 0.25) is 0 Å². The van der Waals surface area contributed by atoms with E-state index in [-0.39, 0.29) is 16.2 Å². The lowest BCUT2D eigenvalue weighted by Crippen LogP contribution is -2.10. The molecule has 1 N–H and O–H groups in total. The van der Waals surface area contributed by atoms with E-state index in [2.05, 4.69) is 4.98 Å². The lowest BCUT2D eigenvalue weighted by atomic mass is 10.2. The molecule has 20 heavy (non-hydrogen) atoms. The van der Waals surface area contributed by atoms with Crippen LogP contribution in [0.1, 0.15) is 16.8 Å². The van der Waals surface area contributed by atoms with Gasteiger partial charge in [-0.05, 0) is 30.7 Å². The standard InChI is InChI=1S/C13H14N2O4S/c16-13(17)11-2-4-12(5-3-11)20(18,19)9-1-7-15-8-6-14-10-15/h2-6,8,10H,1,7,9H2,(H,16,17). The molecule has 0 radical (unpaired) electrons. The van der Waals surface area contributed by atoms with Crippen molar-refractivity contribution in [2.75, 3.05) is 5.75 Å². The molecule has 1 aromatic carbocycles. The molecule has 2 aromatic rings. The zero-order chi connectivity index (χ0) is 14.6. The first-order chi connectivity index (χ1) is 9.49. The molecule has 0 atom stereocenters. The third kappa shape index (κ3) is 3.45. The molecule has 0 aliphatic carbocycles. The average molecular weight is 294 g/mol. The van der Waals surface area contributed by atoms with Crippen LogP contribution < -0.4 is 0 Å². The van der Waals surface area contributed by atoms with Crippen molar-refractivity contribution in [1.82, 2.24) is 9.55 Å². The molecule has 1 aromatic heterocycles. The Morgan fingerprint density at radius 1 is 1.25 bits per heavy atom. The highest BCUT2D eigenvalue weighted by Gasteiger charge is 2.14. The number of nitrogens with zero attached hydrogens (tertiary/aromatic N) is 2. The summed E-state index contributed by atoms with van der Waals surface area (Å²) in [5.74, 6) is -1.06. The Hall–Kier alpha value is -2.15. The Labute approximate surface area is 116 Å². The Morgan fingerprint density at radius 2 is 1.95 bits per heavy atom. The van der Waals surface area contributed by atoms with Crippen LogP contribution >= 0.6 is 0 Å². The van der Waals surface area contributed by atoms with Gasteiger partial charge in [0.15, 0.2) is 9.84 Å². The molecule has 0 amide bonds. The van der Waals surface area contributed by atoms with Crippen LogP contribution in [0.15, 0.2) is 47.9 Å². The summed E-state index contributed by atoms with van der Waals surface area (Å²) in [6.45, 7) is 0.576. The van der Waals surface area contributed by atoms with E-state index in [0.29, 0.717) is 13.0 Å². The number of aryl methyl sites for hydroxylation is 1. The first-order valence-electron chi connectivity index (χ1n) is 6.01. The molecule has 1 heterocycles. The van der Waals surface area contributed by atoms with Crippen molar-refractivity contribution in [3.8, 4) is 0 Å². The SMILES string of the molecule is O=C(O)c1ccc(S(=O)(=O)CCCn2ccnc2)cc1. The minimum atomic E-state index is -3.38. The van der Waals surface area contributed by atoms with Crippen LogP contribution in [0.25, 0.3) is 0 Å². The fourth-order valence-corrected chi connectivity index (χ4v) is 3.07. The number of aromatic nitrogens is 2. The van der Waals surface area contributed by atoms with Crippen LogP contribution in [0, 0.1) is 0 Å². The van der Waals surface area contributed by atoms with Crippen molar-refractivity contribution >= 4 is 15.8 Å². The number of carbonyl (C=O) groups is 1. The van der Waals surface area contributed by atoms with Gasteiger partial charge in [-0.2, -0.15) is 0 Å². The fraction of sp³-hybridized carbons (Fsp3) is 0.231. The zero-order valence-corrected chi connectivity index (χ0v) is 11.5. The van der Waals surface area contributed by atoms with Crippen LogP contribution in [-0.2, 0) is 16.4 Å². The molecule has 7 heteroatoms. The van der Waals surface area contributed by atoms with Gasteiger partial charge in [-0.25, -0.2) is 18.2 Å². The molecule has 0 saturated heterocycles. The Bertz CT molecular complexity index is 676. The number of carboxylic acids is 1. The van der Waals surface area contributed by atoms with E-state index in [4.69, 9.17) is 5.11 Å². The highest BCUT2D eigenvalue weighted by molar-refractivity contribution is 7.91. The highest BCUT2D eigenvalue weighted by atomic mass is 32.2. The molecule has 0 bridgehead atoms. The van der Waals surface area contributed by atoms with Crippen molar-refractivity contribution in [2.45, 2.75) is 17.9 Å². The van der Waals surface area contributed by atoms with E-state index in [0.717, 1.165) is 0 Å². The van der Waals surface area contributed by atoms with Crippen LogP contribution in [0.4, 0.5) is 0 Å². The van der Waals surface area contributed by atoms with Gasteiger partial charge in [-0.15, -0.1) is 0 Å². The normalized spacial score (nSPS) is 11.4. The van der Waals surface area contributed by atoms with E-state index in [1.54, 1.807) is 18.7 Å². The predicted octanol–water partition coefficient (Wildman–Crippen LogP) is 1.45. The van der Waals surface area contributed by atoms with Crippen LogP contribution in [0.5, 0.6) is 0 Å². The monoisotopic (exact) mass is 294 g/mol. The Balaban J connectivity index is 2.00. The van der Waals surface area contributed by atoms with E-state index in [1.165, 1.54) is 24.3 Å². The van der Waals surface area contributed by atoms with Gasteiger partial charge in [0, 0.05) is 18.9 Å². The molecule has 0 aliphatic heterocycles. The molecule has 6 nitrogen and oxygen atoms in total.